The molecule has 1 fully saturated rings. The first-order valence-electron chi connectivity index (χ1n) is 4.83. The van der Waals surface area contributed by atoms with E-state index in [1.54, 1.807) is 0 Å². The highest BCUT2D eigenvalue weighted by atomic mass is 16.6. The first kappa shape index (κ1) is 6.66. The standard InChI is InChI=1S/C13H8O/c1-3-8-4-2-6-10-12(8)9(5-1)7-11-13(10)14-11/h1-7,13H. The van der Waals surface area contributed by atoms with Crippen LogP contribution in [0, 0.1) is 0 Å². The van der Waals surface area contributed by atoms with Gasteiger partial charge in [0.25, 0.3) is 0 Å². The van der Waals surface area contributed by atoms with E-state index in [0.717, 1.165) is 5.76 Å². The Morgan fingerprint density at radius 1 is 1.00 bits per heavy atom. The molecule has 14 heavy (non-hydrogen) atoms. The van der Waals surface area contributed by atoms with Gasteiger partial charge in [0, 0.05) is 5.56 Å². The van der Waals surface area contributed by atoms with Crippen LogP contribution in [0.15, 0.2) is 42.2 Å². The molecule has 4 rings (SSSR count). The molecule has 0 amide bonds. The van der Waals surface area contributed by atoms with Gasteiger partial charge in [-0.2, -0.15) is 0 Å². The molecule has 66 valence electrons. The fourth-order valence-electron chi connectivity index (χ4n) is 2.32. The molecule has 1 saturated heterocycles. The van der Waals surface area contributed by atoms with Gasteiger partial charge in [0.1, 0.15) is 5.76 Å². The SMILES string of the molecule is C1=C2OC2c2cccc3cccc1c23. The predicted molar refractivity (Wildman–Crippen MR) is 55.8 cm³/mol. The minimum atomic E-state index is 0.258. The summed E-state index contributed by atoms with van der Waals surface area (Å²) >= 11 is 0. The third-order valence-corrected chi connectivity index (χ3v) is 3.00. The number of hydrogen-bond donors (Lipinski definition) is 0. The minimum Gasteiger partial charge on any atom is -0.478 e. The Labute approximate surface area is 81.6 Å². The Balaban J connectivity index is 2.28. The summed E-state index contributed by atoms with van der Waals surface area (Å²) in [5.41, 5.74) is 2.62. The smallest absolute Gasteiger partial charge is 0.181 e. The van der Waals surface area contributed by atoms with Gasteiger partial charge >= 0.3 is 0 Å². The maximum Gasteiger partial charge on any atom is 0.181 e. The molecule has 0 spiro atoms. The third-order valence-electron chi connectivity index (χ3n) is 3.00. The number of fused-ring (bicyclic) bond motifs is 2. The molecule has 0 bridgehead atoms. The van der Waals surface area contributed by atoms with Crippen LogP contribution in [0.1, 0.15) is 17.2 Å². The van der Waals surface area contributed by atoms with Crippen LogP contribution in [0.25, 0.3) is 16.8 Å². The van der Waals surface area contributed by atoms with Gasteiger partial charge in [0.2, 0.25) is 0 Å². The van der Waals surface area contributed by atoms with E-state index < -0.39 is 0 Å². The summed E-state index contributed by atoms with van der Waals surface area (Å²) in [6.07, 6.45) is 2.41. The molecule has 1 heterocycles. The van der Waals surface area contributed by atoms with Gasteiger partial charge in [0.15, 0.2) is 6.10 Å². The molecule has 1 heteroatoms. The second-order valence-corrected chi connectivity index (χ2v) is 3.84. The van der Waals surface area contributed by atoms with Crippen LogP contribution < -0.4 is 0 Å². The Hall–Kier alpha value is -1.76. The molecule has 0 aromatic heterocycles. The van der Waals surface area contributed by atoms with Gasteiger partial charge < -0.3 is 4.74 Å². The van der Waals surface area contributed by atoms with E-state index in [4.69, 9.17) is 4.74 Å². The van der Waals surface area contributed by atoms with E-state index >= 15 is 0 Å². The van der Waals surface area contributed by atoms with E-state index in [1.165, 1.54) is 21.9 Å². The van der Waals surface area contributed by atoms with Crippen molar-refractivity contribution in [1.29, 1.82) is 0 Å². The lowest BCUT2D eigenvalue weighted by Gasteiger charge is -2.08. The maximum atomic E-state index is 5.51. The summed E-state index contributed by atoms with van der Waals surface area (Å²) in [6.45, 7) is 0. The Morgan fingerprint density at radius 3 is 2.79 bits per heavy atom. The van der Waals surface area contributed by atoms with Crippen LogP contribution in [-0.2, 0) is 4.74 Å². The minimum absolute atomic E-state index is 0.258. The lowest BCUT2D eigenvalue weighted by atomic mass is 9.93. The summed E-state index contributed by atoms with van der Waals surface area (Å²) in [5.74, 6) is 1.12. The van der Waals surface area contributed by atoms with Gasteiger partial charge in [-0.1, -0.05) is 36.4 Å². The zero-order valence-corrected chi connectivity index (χ0v) is 7.53. The van der Waals surface area contributed by atoms with E-state index in [9.17, 15) is 0 Å². The first-order chi connectivity index (χ1) is 6.93. The molecule has 1 unspecified atom stereocenters. The molecule has 1 nitrogen and oxygen atoms in total. The fourth-order valence-corrected chi connectivity index (χ4v) is 2.32. The van der Waals surface area contributed by atoms with Crippen molar-refractivity contribution in [3.63, 3.8) is 0 Å². The molecule has 1 aliphatic heterocycles. The van der Waals surface area contributed by atoms with Gasteiger partial charge in [-0.25, -0.2) is 0 Å². The van der Waals surface area contributed by atoms with Crippen molar-refractivity contribution in [3.05, 3.63) is 53.3 Å². The summed E-state index contributed by atoms with van der Waals surface area (Å²) in [7, 11) is 0. The molecule has 2 aromatic carbocycles. The molecule has 0 radical (unpaired) electrons. The number of epoxide rings is 1. The largest absolute Gasteiger partial charge is 0.478 e. The molecule has 2 aromatic rings. The number of ether oxygens (including phenoxy) is 1. The monoisotopic (exact) mass is 180 g/mol. The maximum absolute atomic E-state index is 5.51. The zero-order valence-electron chi connectivity index (χ0n) is 7.53. The zero-order chi connectivity index (χ0) is 9.12. The lowest BCUT2D eigenvalue weighted by Crippen LogP contribution is -1.89. The topological polar surface area (TPSA) is 12.5 Å². The van der Waals surface area contributed by atoms with Crippen molar-refractivity contribution in [2.75, 3.05) is 0 Å². The van der Waals surface area contributed by atoms with Crippen LogP contribution in [0.4, 0.5) is 0 Å². The highest BCUT2D eigenvalue weighted by molar-refractivity contribution is 5.96. The van der Waals surface area contributed by atoms with Crippen molar-refractivity contribution in [2.24, 2.45) is 0 Å². The average molecular weight is 180 g/mol. The van der Waals surface area contributed by atoms with Gasteiger partial charge in [0.05, 0.1) is 0 Å². The van der Waals surface area contributed by atoms with Crippen LogP contribution in [0.3, 0.4) is 0 Å². The Bertz CT molecular complexity index is 576. The van der Waals surface area contributed by atoms with E-state index in [-0.39, 0.29) is 6.10 Å². The highest BCUT2D eigenvalue weighted by Gasteiger charge is 2.38. The Kier molecular flexibility index (Phi) is 0.954. The van der Waals surface area contributed by atoms with Crippen LogP contribution >= 0.6 is 0 Å². The quantitative estimate of drug-likeness (QED) is 0.567. The first-order valence-corrected chi connectivity index (χ1v) is 4.83. The number of hydrogen-bond acceptors (Lipinski definition) is 1. The highest BCUT2D eigenvalue weighted by Crippen LogP contribution is 2.50. The van der Waals surface area contributed by atoms with E-state index in [1.807, 2.05) is 0 Å². The lowest BCUT2D eigenvalue weighted by molar-refractivity contribution is 0.439. The molecule has 0 saturated carbocycles. The molecule has 1 atom stereocenters. The van der Waals surface area contributed by atoms with E-state index in [0.29, 0.717) is 0 Å². The third kappa shape index (κ3) is 0.666. The van der Waals surface area contributed by atoms with Crippen molar-refractivity contribution in [3.8, 4) is 0 Å². The average Bonchev–Trinajstić information content (AvgIpc) is 2.98. The summed E-state index contributed by atoms with van der Waals surface area (Å²) in [5, 5.41) is 2.67. The molecule has 1 aliphatic carbocycles. The fraction of sp³-hybridized carbons (Fsp3) is 0.0769. The van der Waals surface area contributed by atoms with Gasteiger partial charge in [-0.3, -0.25) is 0 Å². The number of benzene rings is 2. The summed E-state index contributed by atoms with van der Waals surface area (Å²) in [6, 6.07) is 12.8. The van der Waals surface area contributed by atoms with Crippen LogP contribution in [0.5, 0.6) is 0 Å². The molecular weight excluding hydrogens is 172 g/mol. The second kappa shape index (κ2) is 2.01. The number of rotatable bonds is 0. The normalized spacial score (nSPS) is 21.1. The summed E-state index contributed by atoms with van der Waals surface area (Å²) < 4.78 is 5.51. The van der Waals surface area contributed by atoms with Gasteiger partial charge in [-0.15, -0.1) is 0 Å². The van der Waals surface area contributed by atoms with Gasteiger partial charge in [-0.05, 0) is 22.4 Å². The van der Waals surface area contributed by atoms with Crippen LogP contribution in [0.2, 0.25) is 0 Å². The second-order valence-electron chi connectivity index (χ2n) is 3.84. The van der Waals surface area contributed by atoms with Crippen molar-refractivity contribution in [1.82, 2.24) is 0 Å². The van der Waals surface area contributed by atoms with E-state index in [2.05, 4.69) is 42.5 Å². The molecule has 2 aliphatic rings. The van der Waals surface area contributed by atoms with Crippen LogP contribution in [-0.4, -0.2) is 0 Å². The van der Waals surface area contributed by atoms with Crippen molar-refractivity contribution in [2.45, 2.75) is 6.10 Å². The Morgan fingerprint density at radius 2 is 1.86 bits per heavy atom. The van der Waals surface area contributed by atoms with Crippen molar-refractivity contribution < 1.29 is 4.74 Å². The summed E-state index contributed by atoms with van der Waals surface area (Å²) in [4.78, 5) is 0. The molecular formula is C13H8O. The van der Waals surface area contributed by atoms with Crippen molar-refractivity contribution >= 4 is 16.8 Å². The molecule has 0 N–H and O–H groups in total. The predicted octanol–water partition coefficient (Wildman–Crippen LogP) is 3.27.